The van der Waals surface area contributed by atoms with E-state index in [4.69, 9.17) is 0 Å². The van der Waals surface area contributed by atoms with Crippen molar-refractivity contribution in [2.75, 3.05) is 46.3 Å². The van der Waals surface area contributed by atoms with E-state index in [1.54, 1.807) is 0 Å². The van der Waals surface area contributed by atoms with Crippen LogP contribution < -0.4 is 10.6 Å². The maximum atomic E-state index is 12.0. The minimum Gasteiger partial charge on any atom is -0.356 e. The van der Waals surface area contributed by atoms with Gasteiger partial charge in [0.25, 0.3) is 0 Å². The summed E-state index contributed by atoms with van der Waals surface area (Å²) in [6, 6.07) is 11.1. The minimum absolute atomic E-state index is 0.139. The summed E-state index contributed by atoms with van der Waals surface area (Å²) in [5.74, 6) is 1.13. The normalized spacial score (nSPS) is 18.8. The fourth-order valence-corrected chi connectivity index (χ4v) is 3.68. The van der Waals surface area contributed by atoms with Crippen molar-refractivity contribution in [3.63, 3.8) is 0 Å². The van der Waals surface area contributed by atoms with Gasteiger partial charge in [-0.15, -0.1) is 0 Å². The van der Waals surface area contributed by atoms with Crippen LogP contribution in [0.2, 0.25) is 0 Å². The summed E-state index contributed by atoms with van der Waals surface area (Å²) in [5.41, 5.74) is 1.50. The highest BCUT2D eigenvalue weighted by atomic mass is 16.2. The van der Waals surface area contributed by atoms with Crippen LogP contribution in [0.25, 0.3) is 0 Å². The maximum Gasteiger partial charge on any atom is 0.234 e. The highest BCUT2D eigenvalue weighted by Crippen LogP contribution is 2.21. The molecule has 1 amide bonds. The molecule has 1 aromatic carbocycles. The van der Waals surface area contributed by atoms with E-state index in [1.807, 2.05) is 7.05 Å². The first-order chi connectivity index (χ1) is 13.4. The Hall–Kier alpha value is -2.08. The number of benzene rings is 1. The lowest BCUT2D eigenvalue weighted by molar-refractivity contribution is -0.122. The van der Waals surface area contributed by atoms with Crippen molar-refractivity contribution >= 4 is 11.9 Å². The molecule has 0 radical (unpaired) electrons. The Kier molecular flexibility index (Phi) is 6.94. The van der Waals surface area contributed by atoms with Crippen molar-refractivity contribution in [3.05, 3.63) is 35.9 Å². The zero-order valence-electron chi connectivity index (χ0n) is 17.6. The van der Waals surface area contributed by atoms with Crippen LogP contribution in [0.4, 0.5) is 0 Å². The van der Waals surface area contributed by atoms with Gasteiger partial charge in [0.05, 0.1) is 6.54 Å². The quantitative estimate of drug-likeness (QED) is 0.554. The van der Waals surface area contributed by atoms with Gasteiger partial charge in [0.15, 0.2) is 5.96 Å². The number of hydrogen-bond acceptors (Lipinski definition) is 3. The predicted molar refractivity (Wildman–Crippen MR) is 114 cm³/mol. The molecular formula is C22H35N5O. The number of hydrogen-bond donors (Lipinski definition) is 2. The van der Waals surface area contributed by atoms with Crippen molar-refractivity contribution < 1.29 is 4.79 Å². The highest BCUT2D eigenvalue weighted by Gasteiger charge is 2.26. The van der Waals surface area contributed by atoms with Crippen molar-refractivity contribution in [2.45, 2.75) is 39.2 Å². The number of amides is 1. The summed E-state index contributed by atoms with van der Waals surface area (Å²) in [7, 11) is 1.85. The number of piperazine rings is 1. The topological polar surface area (TPSA) is 60.0 Å². The summed E-state index contributed by atoms with van der Waals surface area (Å²) in [6.07, 6.45) is 3.31. The van der Waals surface area contributed by atoms with E-state index in [0.717, 1.165) is 57.9 Å². The number of nitrogens with one attached hydrogen (secondary N) is 2. The number of carbonyl (C=O) groups is 1. The molecule has 1 saturated carbocycles. The molecule has 0 spiro atoms. The molecule has 1 heterocycles. The van der Waals surface area contributed by atoms with Gasteiger partial charge < -0.3 is 15.5 Å². The zero-order valence-corrected chi connectivity index (χ0v) is 17.6. The molecule has 6 heteroatoms. The molecule has 0 atom stereocenters. The fraction of sp³-hybridized carbons (Fsp3) is 0.636. The third-order valence-corrected chi connectivity index (χ3v) is 5.44. The largest absolute Gasteiger partial charge is 0.356 e. The van der Waals surface area contributed by atoms with Crippen LogP contribution in [-0.4, -0.2) is 74.0 Å². The Balaban J connectivity index is 1.42. The second kappa shape index (κ2) is 9.41. The molecule has 1 aromatic rings. The lowest BCUT2D eigenvalue weighted by Gasteiger charge is -2.37. The Bertz CT molecular complexity index is 661. The summed E-state index contributed by atoms with van der Waals surface area (Å²) in [5, 5.41) is 6.64. The van der Waals surface area contributed by atoms with Crippen molar-refractivity contribution in [2.24, 2.45) is 10.4 Å². The summed E-state index contributed by atoms with van der Waals surface area (Å²) < 4.78 is 0. The molecule has 0 aromatic heterocycles. The van der Waals surface area contributed by atoms with Gasteiger partial charge in [-0.2, -0.15) is 0 Å². The highest BCUT2D eigenvalue weighted by molar-refractivity contribution is 5.80. The smallest absolute Gasteiger partial charge is 0.234 e. The monoisotopic (exact) mass is 385 g/mol. The van der Waals surface area contributed by atoms with Gasteiger partial charge in [-0.05, 0) is 30.2 Å². The first kappa shape index (κ1) is 20.6. The van der Waals surface area contributed by atoms with Crippen molar-refractivity contribution in [1.82, 2.24) is 20.4 Å². The van der Waals surface area contributed by atoms with E-state index >= 15 is 0 Å². The molecule has 1 aliphatic carbocycles. The Morgan fingerprint density at radius 1 is 1.14 bits per heavy atom. The van der Waals surface area contributed by atoms with E-state index in [2.05, 4.69) is 69.6 Å². The van der Waals surface area contributed by atoms with E-state index in [0.29, 0.717) is 12.6 Å². The van der Waals surface area contributed by atoms with Gasteiger partial charge in [0, 0.05) is 45.8 Å². The van der Waals surface area contributed by atoms with E-state index in [1.165, 1.54) is 5.56 Å². The van der Waals surface area contributed by atoms with Gasteiger partial charge >= 0.3 is 0 Å². The molecule has 3 rings (SSSR count). The lowest BCUT2D eigenvalue weighted by atomic mass is 9.86. The average molecular weight is 386 g/mol. The van der Waals surface area contributed by atoms with Gasteiger partial charge in [-0.25, -0.2) is 0 Å². The molecule has 154 valence electrons. The van der Waals surface area contributed by atoms with E-state index < -0.39 is 0 Å². The van der Waals surface area contributed by atoms with Crippen molar-refractivity contribution in [1.29, 1.82) is 0 Å². The van der Waals surface area contributed by atoms with Crippen LogP contribution in [0, 0.1) is 5.41 Å². The molecule has 0 bridgehead atoms. The maximum absolute atomic E-state index is 12.0. The zero-order chi connectivity index (χ0) is 20.0. The first-order valence-corrected chi connectivity index (χ1v) is 10.5. The number of carbonyl (C=O) groups excluding carboxylic acids is 1. The van der Waals surface area contributed by atoms with Crippen LogP contribution in [0.3, 0.4) is 0 Å². The average Bonchev–Trinajstić information content (AvgIpc) is 3.47. The summed E-state index contributed by atoms with van der Waals surface area (Å²) in [4.78, 5) is 21.0. The molecule has 2 aliphatic rings. The Morgan fingerprint density at radius 2 is 1.82 bits per heavy atom. The summed E-state index contributed by atoms with van der Waals surface area (Å²) in [6.45, 7) is 9.55. The number of nitrogens with zero attached hydrogens (tertiary/aromatic N) is 3. The first-order valence-electron chi connectivity index (χ1n) is 10.5. The van der Waals surface area contributed by atoms with E-state index in [9.17, 15) is 4.79 Å². The molecule has 2 fully saturated rings. The molecule has 1 aliphatic heterocycles. The standard InChI is InChI=1S/C22H35N5O/c1-22(2,15-18-7-5-4-6-8-18)17-24-21(23-3)27-13-11-26(12-14-27)16-20(28)25-19-9-10-19/h4-8,19H,9-17H2,1-3H3,(H,23,24)(H,25,28). The molecule has 28 heavy (non-hydrogen) atoms. The van der Waals surface area contributed by atoms with Gasteiger partial charge in [0.1, 0.15) is 0 Å². The van der Waals surface area contributed by atoms with Crippen LogP contribution in [-0.2, 0) is 11.2 Å². The van der Waals surface area contributed by atoms with Gasteiger partial charge in [0.2, 0.25) is 5.91 Å². The molecule has 6 nitrogen and oxygen atoms in total. The predicted octanol–water partition coefficient (Wildman–Crippen LogP) is 1.73. The van der Waals surface area contributed by atoms with E-state index in [-0.39, 0.29) is 11.3 Å². The third-order valence-electron chi connectivity index (χ3n) is 5.44. The number of aliphatic imine (C=N–C) groups is 1. The second-order valence-electron chi connectivity index (χ2n) is 8.83. The molecule has 0 unspecified atom stereocenters. The molecule has 1 saturated heterocycles. The van der Waals surface area contributed by atoms with Crippen LogP contribution >= 0.6 is 0 Å². The lowest BCUT2D eigenvalue weighted by Crippen LogP contribution is -2.55. The second-order valence-corrected chi connectivity index (χ2v) is 8.83. The van der Waals surface area contributed by atoms with Crippen LogP contribution in [0.5, 0.6) is 0 Å². The van der Waals surface area contributed by atoms with Crippen LogP contribution in [0.1, 0.15) is 32.3 Å². The van der Waals surface area contributed by atoms with Gasteiger partial charge in [-0.3, -0.25) is 14.7 Å². The van der Waals surface area contributed by atoms with Crippen molar-refractivity contribution in [3.8, 4) is 0 Å². The molecular weight excluding hydrogens is 350 g/mol. The minimum atomic E-state index is 0.139. The molecule has 2 N–H and O–H groups in total. The number of guanidine groups is 1. The van der Waals surface area contributed by atoms with Crippen LogP contribution in [0.15, 0.2) is 35.3 Å². The van der Waals surface area contributed by atoms with Gasteiger partial charge in [-0.1, -0.05) is 44.2 Å². The SMILES string of the molecule is CN=C(NCC(C)(C)Cc1ccccc1)N1CCN(CC(=O)NC2CC2)CC1. The Labute approximate surface area is 169 Å². The number of rotatable bonds is 7. The third kappa shape index (κ3) is 6.51. The fourth-order valence-electron chi connectivity index (χ4n) is 3.68. The Morgan fingerprint density at radius 3 is 2.43 bits per heavy atom. The summed E-state index contributed by atoms with van der Waals surface area (Å²) >= 11 is 0.